The molecule has 0 aliphatic heterocycles. The number of para-hydroxylation sites is 2. The van der Waals surface area contributed by atoms with Crippen LogP contribution < -0.4 is 0 Å². The Bertz CT molecular complexity index is 2820. The van der Waals surface area contributed by atoms with Gasteiger partial charge in [-0.25, -0.2) is 0 Å². The zero-order chi connectivity index (χ0) is 30.4. The SMILES string of the molecule is Brc1ccc2c(c1)c1cc(-c3cccc4oc5ccccc5c34)ccc1n2-c1ccc(-c2ccc3oc4ccccc4c3c2)cc1. The Kier molecular flexibility index (Phi) is 5.43. The van der Waals surface area contributed by atoms with Crippen LogP contribution in [0.25, 0.3) is 93.6 Å². The van der Waals surface area contributed by atoms with Crippen LogP contribution in [-0.2, 0) is 0 Å². The van der Waals surface area contributed by atoms with Crippen molar-refractivity contribution in [2.75, 3.05) is 0 Å². The summed E-state index contributed by atoms with van der Waals surface area (Å²) in [7, 11) is 0. The van der Waals surface area contributed by atoms with Gasteiger partial charge in [-0.05, 0) is 95.1 Å². The predicted octanol–water partition coefficient (Wildman–Crippen LogP) is 12.7. The van der Waals surface area contributed by atoms with Gasteiger partial charge >= 0.3 is 0 Å². The Hall–Kier alpha value is -5.58. The zero-order valence-electron chi connectivity index (χ0n) is 24.5. The number of hydrogen-bond acceptors (Lipinski definition) is 2. The first-order valence-corrected chi connectivity index (χ1v) is 16.2. The number of nitrogens with zero attached hydrogens (tertiary/aromatic N) is 1. The van der Waals surface area contributed by atoms with Crippen molar-refractivity contribution < 1.29 is 8.83 Å². The summed E-state index contributed by atoms with van der Waals surface area (Å²) in [5.74, 6) is 0. The smallest absolute Gasteiger partial charge is 0.136 e. The molecule has 4 heteroatoms. The highest BCUT2D eigenvalue weighted by Crippen LogP contribution is 2.41. The lowest BCUT2D eigenvalue weighted by Crippen LogP contribution is -1.93. The van der Waals surface area contributed by atoms with E-state index in [0.717, 1.165) is 54.0 Å². The molecule has 216 valence electrons. The van der Waals surface area contributed by atoms with Gasteiger partial charge in [-0.3, -0.25) is 0 Å². The number of benzene rings is 7. The molecule has 0 unspecified atom stereocenters. The van der Waals surface area contributed by atoms with Crippen LogP contribution in [0.5, 0.6) is 0 Å². The molecule has 0 saturated heterocycles. The van der Waals surface area contributed by atoms with Gasteiger partial charge in [0.2, 0.25) is 0 Å². The molecule has 0 bridgehead atoms. The van der Waals surface area contributed by atoms with E-state index in [4.69, 9.17) is 8.83 Å². The minimum atomic E-state index is 0.907. The highest BCUT2D eigenvalue weighted by Gasteiger charge is 2.17. The minimum Gasteiger partial charge on any atom is -0.456 e. The molecule has 46 heavy (non-hydrogen) atoms. The molecule has 7 aromatic carbocycles. The first-order valence-electron chi connectivity index (χ1n) is 15.4. The van der Waals surface area contributed by atoms with Crippen molar-refractivity contribution in [3.05, 3.63) is 150 Å². The van der Waals surface area contributed by atoms with Gasteiger partial charge in [-0.1, -0.05) is 88.7 Å². The van der Waals surface area contributed by atoms with Gasteiger partial charge in [0.15, 0.2) is 0 Å². The standard InChI is InChI=1S/C42H24BrNO2/c43-28-16-20-37-34(24-28)33-23-27(30-8-5-11-41-42(30)32-7-2-4-10-39(32)46-41)14-19-36(33)44(37)29-17-12-25(13-18-29)26-15-21-40-35(22-26)31-6-1-3-9-38(31)45-40/h1-24H. The number of rotatable bonds is 3. The Labute approximate surface area is 272 Å². The second kappa shape index (κ2) is 9.71. The van der Waals surface area contributed by atoms with Crippen molar-refractivity contribution >= 4 is 81.6 Å². The molecule has 0 spiro atoms. The molecule has 3 nitrogen and oxygen atoms in total. The van der Waals surface area contributed by atoms with E-state index in [1.54, 1.807) is 0 Å². The first kappa shape index (κ1) is 25.7. The van der Waals surface area contributed by atoms with Crippen molar-refractivity contribution in [3.63, 3.8) is 0 Å². The van der Waals surface area contributed by atoms with Crippen LogP contribution in [0.15, 0.2) is 159 Å². The van der Waals surface area contributed by atoms with Crippen LogP contribution in [0, 0.1) is 0 Å². The highest BCUT2D eigenvalue weighted by atomic mass is 79.9. The van der Waals surface area contributed by atoms with Crippen LogP contribution in [0.3, 0.4) is 0 Å². The van der Waals surface area contributed by atoms with E-state index >= 15 is 0 Å². The molecule has 0 atom stereocenters. The van der Waals surface area contributed by atoms with Crippen LogP contribution in [0.2, 0.25) is 0 Å². The van der Waals surface area contributed by atoms with Crippen LogP contribution in [0.1, 0.15) is 0 Å². The molecule has 3 heterocycles. The van der Waals surface area contributed by atoms with Gasteiger partial charge in [0.1, 0.15) is 22.3 Å². The van der Waals surface area contributed by atoms with E-state index in [1.165, 1.54) is 44.1 Å². The Morgan fingerprint density at radius 2 is 1.02 bits per heavy atom. The fraction of sp³-hybridized carbons (Fsp3) is 0. The van der Waals surface area contributed by atoms with Gasteiger partial charge in [-0.15, -0.1) is 0 Å². The molecule has 0 aliphatic carbocycles. The third-order valence-electron chi connectivity index (χ3n) is 9.28. The maximum atomic E-state index is 6.21. The van der Waals surface area contributed by atoms with Gasteiger partial charge in [0.25, 0.3) is 0 Å². The average Bonchev–Trinajstić information content (AvgIpc) is 3.77. The van der Waals surface area contributed by atoms with Gasteiger partial charge < -0.3 is 13.4 Å². The second-order valence-electron chi connectivity index (χ2n) is 11.9. The third-order valence-corrected chi connectivity index (χ3v) is 9.77. The summed E-state index contributed by atoms with van der Waals surface area (Å²) in [5.41, 5.74) is 11.8. The van der Waals surface area contributed by atoms with Crippen LogP contribution in [-0.4, -0.2) is 4.57 Å². The van der Waals surface area contributed by atoms with Crippen LogP contribution >= 0.6 is 15.9 Å². The number of aromatic nitrogens is 1. The highest BCUT2D eigenvalue weighted by molar-refractivity contribution is 9.10. The Morgan fingerprint density at radius 1 is 0.413 bits per heavy atom. The average molecular weight is 655 g/mol. The molecule has 0 amide bonds. The quantitative estimate of drug-likeness (QED) is 0.190. The second-order valence-corrected chi connectivity index (χ2v) is 12.8. The van der Waals surface area contributed by atoms with Crippen molar-refractivity contribution in [2.45, 2.75) is 0 Å². The lowest BCUT2D eigenvalue weighted by atomic mass is 9.98. The molecule has 3 aromatic heterocycles. The molecule has 0 saturated carbocycles. The molecule has 0 radical (unpaired) electrons. The molecule has 0 aliphatic rings. The Balaban J connectivity index is 1.12. The monoisotopic (exact) mass is 653 g/mol. The minimum absolute atomic E-state index is 0.907. The summed E-state index contributed by atoms with van der Waals surface area (Å²) in [4.78, 5) is 0. The van der Waals surface area contributed by atoms with E-state index in [2.05, 4.69) is 142 Å². The summed E-state index contributed by atoms with van der Waals surface area (Å²) in [6, 6.07) is 51.5. The molecule has 10 aromatic rings. The third kappa shape index (κ3) is 3.77. The van der Waals surface area contributed by atoms with Crippen molar-refractivity contribution in [1.29, 1.82) is 0 Å². The summed E-state index contributed by atoms with van der Waals surface area (Å²) in [6.07, 6.45) is 0. The molecular weight excluding hydrogens is 630 g/mol. The van der Waals surface area contributed by atoms with E-state index in [1.807, 2.05) is 24.3 Å². The van der Waals surface area contributed by atoms with Crippen LogP contribution in [0.4, 0.5) is 0 Å². The van der Waals surface area contributed by atoms with Crippen molar-refractivity contribution in [3.8, 4) is 27.9 Å². The number of fused-ring (bicyclic) bond motifs is 9. The van der Waals surface area contributed by atoms with E-state index in [-0.39, 0.29) is 0 Å². The fourth-order valence-electron chi connectivity index (χ4n) is 7.17. The maximum absolute atomic E-state index is 6.21. The lowest BCUT2D eigenvalue weighted by Gasteiger charge is -2.10. The summed E-state index contributed by atoms with van der Waals surface area (Å²) in [5, 5.41) is 6.99. The molecule has 0 fully saturated rings. The number of halogens is 1. The van der Waals surface area contributed by atoms with E-state index < -0.39 is 0 Å². The predicted molar refractivity (Wildman–Crippen MR) is 194 cm³/mol. The largest absolute Gasteiger partial charge is 0.456 e. The molecular formula is C42H24BrNO2. The van der Waals surface area contributed by atoms with E-state index in [0.29, 0.717) is 0 Å². The normalized spacial score (nSPS) is 12.0. The van der Waals surface area contributed by atoms with Gasteiger partial charge in [0, 0.05) is 42.5 Å². The molecule has 10 rings (SSSR count). The fourth-order valence-corrected chi connectivity index (χ4v) is 7.53. The van der Waals surface area contributed by atoms with Gasteiger partial charge in [-0.2, -0.15) is 0 Å². The van der Waals surface area contributed by atoms with Crippen molar-refractivity contribution in [1.82, 2.24) is 4.57 Å². The summed E-state index contributed by atoms with van der Waals surface area (Å²) >= 11 is 3.74. The first-order chi connectivity index (χ1) is 22.7. The summed E-state index contributed by atoms with van der Waals surface area (Å²) < 4.78 is 15.7. The zero-order valence-corrected chi connectivity index (χ0v) is 26.1. The lowest BCUT2D eigenvalue weighted by molar-refractivity contribution is 0.668. The number of furan rings is 2. The summed E-state index contributed by atoms with van der Waals surface area (Å²) in [6.45, 7) is 0. The van der Waals surface area contributed by atoms with Crippen molar-refractivity contribution in [2.24, 2.45) is 0 Å². The van der Waals surface area contributed by atoms with Gasteiger partial charge in [0.05, 0.1) is 11.0 Å². The Morgan fingerprint density at radius 3 is 1.87 bits per heavy atom. The maximum Gasteiger partial charge on any atom is 0.136 e. The topological polar surface area (TPSA) is 31.2 Å². The van der Waals surface area contributed by atoms with E-state index in [9.17, 15) is 0 Å². The number of hydrogen-bond donors (Lipinski definition) is 0. The molecule has 0 N–H and O–H groups in total.